The smallest absolute Gasteiger partial charge is 0.252 e. The van der Waals surface area contributed by atoms with E-state index in [1.54, 1.807) is 24.4 Å². The highest BCUT2D eigenvalue weighted by Gasteiger charge is 2.41. The fourth-order valence-corrected chi connectivity index (χ4v) is 5.17. The van der Waals surface area contributed by atoms with Crippen LogP contribution in [0.1, 0.15) is 40.0 Å². The molecule has 2 aliphatic rings. The molecule has 0 aliphatic carbocycles. The van der Waals surface area contributed by atoms with Gasteiger partial charge >= 0.3 is 0 Å². The van der Waals surface area contributed by atoms with E-state index in [1.807, 2.05) is 28.8 Å². The number of piperidine rings is 1. The van der Waals surface area contributed by atoms with Crippen LogP contribution < -0.4 is 16.2 Å². The summed E-state index contributed by atoms with van der Waals surface area (Å²) < 4.78 is 2.01. The van der Waals surface area contributed by atoms with E-state index in [0.29, 0.717) is 11.4 Å². The third kappa shape index (κ3) is 3.18. The maximum Gasteiger partial charge on any atom is 0.252 e. The summed E-state index contributed by atoms with van der Waals surface area (Å²) in [7, 11) is 0. The SMILES string of the molecule is NC(=O)c1cccnc1N1C[C@H]2C[C@@H](C1)[C@H](Cc1ccccc1)n1c2cccc1=O. The summed E-state index contributed by atoms with van der Waals surface area (Å²) in [6.07, 6.45) is 3.52. The first kappa shape index (κ1) is 18.6. The minimum atomic E-state index is -0.466. The Balaban J connectivity index is 1.57. The van der Waals surface area contributed by atoms with E-state index in [0.717, 1.165) is 31.6 Å². The molecule has 1 amide bonds. The number of rotatable bonds is 4. The van der Waals surface area contributed by atoms with E-state index in [1.165, 1.54) is 5.56 Å². The number of pyridine rings is 2. The lowest BCUT2D eigenvalue weighted by Crippen LogP contribution is -2.50. The molecule has 1 aromatic carbocycles. The molecule has 2 N–H and O–H groups in total. The number of hydrogen-bond acceptors (Lipinski definition) is 4. The van der Waals surface area contributed by atoms with E-state index in [-0.39, 0.29) is 23.4 Å². The Morgan fingerprint density at radius 2 is 1.87 bits per heavy atom. The Labute approximate surface area is 175 Å². The van der Waals surface area contributed by atoms with Crippen molar-refractivity contribution in [3.63, 3.8) is 0 Å². The average Bonchev–Trinajstić information content (AvgIpc) is 2.77. The van der Waals surface area contributed by atoms with Crippen molar-refractivity contribution in [1.82, 2.24) is 9.55 Å². The van der Waals surface area contributed by atoms with Crippen molar-refractivity contribution < 1.29 is 4.79 Å². The number of nitrogens with zero attached hydrogens (tertiary/aromatic N) is 3. The van der Waals surface area contributed by atoms with Crippen molar-refractivity contribution in [2.24, 2.45) is 11.7 Å². The van der Waals surface area contributed by atoms with Gasteiger partial charge in [-0.2, -0.15) is 0 Å². The second kappa shape index (κ2) is 7.44. The van der Waals surface area contributed by atoms with Crippen molar-refractivity contribution in [3.8, 4) is 0 Å². The molecule has 3 aromatic rings. The standard InChI is InChI=1S/C24H24N4O2/c25-23(30)19-8-5-11-26-24(19)27-14-17-13-18(15-27)21(12-16-6-2-1-3-7-16)28-20(17)9-4-10-22(28)29/h1-11,17-18,21H,12-15H2,(H2,25,30)/t17-,18+,21+/m1/s1. The molecule has 6 nitrogen and oxygen atoms in total. The van der Waals surface area contributed by atoms with E-state index < -0.39 is 5.91 Å². The van der Waals surface area contributed by atoms with Crippen molar-refractivity contribution in [3.05, 3.63) is 94.0 Å². The average molecular weight is 400 g/mol. The molecule has 0 spiro atoms. The van der Waals surface area contributed by atoms with Gasteiger partial charge in [0.15, 0.2) is 0 Å². The molecule has 3 atom stereocenters. The lowest BCUT2D eigenvalue weighted by Gasteiger charge is -2.47. The first-order chi connectivity index (χ1) is 14.6. The second-order valence-electron chi connectivity index (χ2n) is 8.25. The predicted octanol–water partition coefficient (Wildman–Crippen LogP) is 2.75. The number of primary amides is 1. The molecular formula is C24H24N4O2. The van der Waals surface area contributed by atoms with Crippen molar-refractivity contribution in [2.75, 3.05) is 18.0 Å². The van der Waals surface area contributed by atoms with Crippen molar-refractivity contribution in [1.29, 1.82) is 0 Å². The monoisotopic (exact) mass is 400 g/mol. The molecule has 4 heterocycles. The molecule has 0 unspecified atom stereocenters. The van der Waals surface area contributed by atoms with Gasteiger partial charge in [0.05, 0.1) is 5.56 Å². The molecule has 0 saturated carbocycles. The van der Waals surface area contributed by atoms with Crippen LogP contribution in [0.2, 0.25) is 0 Å². The van der Waals surface area contributed by atoms with Crippen LogP contribution in [0, 0.1) is 5.92 Å². The molecule has 5 rings (SSSR count). The topological polar surface area (TPSA) is 81.2 Å². The minimum Gasteiger partial charge on any atom is -0.365 e. The first-order valence-corrected chi connectivity index (χ1v) is 10.4. The molecule has 1 saturated heterocycles. The Morgan fingerprint density at radius 1 is 1.03 bits per heavy atom. The highest BCUT2D eigenvalue weighted by atomic mass is 16.1. The van der Waals surface area contributed by atoms with Gasteiger partial charge in [-0.1, -0.05) is 36.4 Å². The number of hydrogen-bond donors (Lipinski definition) is 1. The fraction of sp³-hybridized carbons (Fsp3) is 0.292. The summed E-state index contributed by atoms with van der Waals surface area (Å²) in [5.74, 6) is 0.669. The lowest BCUT2D eigenvalue weighted by molar-refractivity contribution is 0.1000. The summed E-state index contributed by atoms with van der Waals surface area (Å²) >= 11 is 0. The maximum atomic E-state index is 12.9. The number of benzene rings is 1. The van der Waals surface area contributed by atoms with Gasteiger partial charge in [-0.3, -0.25) is 9.59 Å². The van der Waals surface area contributed by atoms with Gasteiger partial charge in [0.1, 0.15) is 5.82 Å². The molecule has 2 aliphatic heterocycles. The van der Waals surface area contributed by atoms with Crippen LogP contribution in [0.5, 0.6) is 0 Å². The third-order valence-corrected chi connectivity index (χ3v) is 6.44. The van der Waals surface area contributed by atoms with Gasteiger partial charge in [0.25, 0.3) is 11.5 Å². The fourth-order valence-electron chi connectivity index (χ4n) is 5.17. The van der Waals surface area contributed by atoms with E-state index in [2.05, 4.69) is 28.1 Å². The van der Waals surface area contributed by atoms with E-state index in [9.17, 15) is 9.59 Å². The summed E-state index contributed by atoms with van der Waals surface area (Å²) in [5.41, 5.74) is 8.41. The summed E-state index contributed by atoms with van der Waals surface area (Å²) in [5, 5.41) is 0. The zero-order valence-corrected chi connectivity index (χ0v) is 16.6. The van der Waals surface area contributed by atoms with Crippen LogP contribution in [0.3, 0.4) is 0 Å². The van der Waals surface area contributed by atoms with E-state index in [4.69, 9.17) is 5.73 Å². The molecule has 30 heavy (non-hydrogen) atoms. The van der Waals surface area contributed by atoms with Crippen LogP contribution in [0.25, 0.3) is 0 Å². The highest BCUT2D eigenvalue weighted by molar-refractivity contribution is 5.97. The van der Waals surface area contributed by atoms with Gasteiger partial charge in [0.2, 0.25) is 0 Å². The number of aromatic nitrogens is 2. The molecule has 2 aromatic heterocycles. The second-order valence-corrected chi connectivity index (χ2v) is 8.25. The molecule has 6 heteroatoms. The Bertz CT molecular complexity index is 1140. The van der Waals surface area contributed by atoms with Crippen molar-refractivity contribution >= 4 is 11.7 Å². The third-order valence-electron chi connectivity index (χ3n) is 6.44. The van der Waals surface area contributed by atoms with Crippen LogP contribution >= 0.6 is 0 Å². The molecular weight excluding hydrogens is 376 g/mol. The molecule has 2 bridgehead atoms. The normalized spacial score (nSPS) is 22.4. The van der Waals surface area contributed by atoms with Gasteiger partial charge in [0, 0.05) is 43.0 Å². The zero-order chi connectivity index (χ0) is 20.7. The molecule has 0 radical (unpaired) electrons. The summed E-state index contributed by atoms with van der Waals surface area (Å²) in [6.45, 7) is 1.46. The van der Waals surface area contributed by atoms with Crippen LogP contribution in [-0.4, -0.2) is 28.5 Å². The van der Waals surface area contributed by atoms with Crippen LogP contribution in [0.4, 0.5) is 5.82 Å². The van der Waals surface area contributed by atoms with Gasteiger partial charge < -0.3 is 15.2 Å². The number of anilines is 1. The maximum absolute atomic E-state index is 12.9. The predicted molar refractivity (Wildman–Crippen MR) is 116 cm³/mol. The largest absolute Gasteiger partial charge is 0.365 e. The number of amides is 1. The molecule has 152 valence electrons. The summed E-state index contributed by atoms with van der Waals surface area (Å²) in [4.78, 5) is 31.5. The number of carbonyl (C=O) groups excluding carboxylic acids is 1. The highest BCUT2D eigenvalue weighted by Crippen LogP contribution is 2.43. The number of carbonyl (C=O) groups is 1. The quantitative estimate of drug-likeness (QED) is 0.730. The molecule has 1 fully saturated rings. The van der Waals surface area contributed by atoms with Crippen molar-refractivity contribution in [2.45, 2.75) is 24.8 Å². The first-order valence-electron chi connectivity index (χ1n) is 10.4. The number of fused-ring (bicyclic) bond motifs is 4. The summed E-state index contributed by atoms with van der Waals surface area (Å²) in [6, 6.07) is 19.4. The van der Waals surface area contributed by atoms with Crippen LogP contribution in [0.15, 0.2) is 71.7 Å². The zero-order valence-electron chi connectivity index (χ0n) is 16.6. The van der Waals surface area contributed by atoms with E-state index >= 15 is 0 Å². The van der Waals surface area contributed by atoms with Crippen LogP contribution in [-0.2, 0) is 6.42 Å². The Hall–Kier alpha value is -3.41. The van der Waals surface area contributed by atoms with Gasteiger partial charge in [-0.15, -0.1) is 0 Å². The number of nitrogens with two attached hydrogens (primary N) is 1. The van der Waals surface area contributed by atoms with Gasteiger partial charge in [-0.05, 0) is 42.5 Å². The van der Waals surface area contributed by atoms with Gasteiger partial charge in [-0.25, -0.2) is 4.98 Å². The Morgan fingerprint density at radius 3 is 2.67 bits per heavy atom. The minimum absolute atomic E-state index is 0.0623. The Kier molecular flexibility index (Phi) is 4.62. The lowest BCUT2D eigenvalue weighted by atomic mass is 9.76.